The van der Waals surface area contributed by atoms with E-state index < -0.39 is 0 Å². The second-order valence-electron chi connectivity index (χ2n) is 7.75. The van der Waals surface area contributed by atoms with E-state index in [1.54, 1.807) is 12.1 Å². The lowest BCUT2D eigenvalue weighted by Gasteiger charge is -2.04. The van der Waals surface area contributed by atoms with E-state index in [1.807, 2.05) is 0 Å². The second kappa shape index (κ2) is 12.6. The summed E-state index contributed by atoms with van der Waals surface area (Å²) in [5.41, 5.74) is 0.452. The molecule has 0 fully saturated rings. The maximum absolute atomic E-state index is 12.1. The van der Waals surface area contributed by atoms with Crippen LogP contribution in [0.5, 0.6) is 5.75 Å². The predicted molar refractivity (Wildman–Crippen MR) is 114 cm³/mol. The molecule has 0 radical (unpaired) electrons. The molecule has 0 saturated heterocycles. The Labute approximate surface area is 163 Å². The van der Waals surface area contributed by atoms with Crippen LogP contribution in [0.3, 0.4) is 0 Å². The fourth-order valence-electron chi connectivity index (χ4n) is 3.63. The molecule has 0 unspecified atom stereocenters. The molecular formula is C24H36O3. The minimum Gasteiger partial charge on any atom is -0.508 e. The molecule has 0 aliphatic rings. The third kappa shape index (κ3) is 8.19. The Morgan fingerprint density at radius 1 is 0.778 bits per heavy atom. The van der Waals surface area contributed by atoms with Crippen LogP contribution >= 0.6 is 0 Å². The van der Waals surface area contributed by atoms with Crippen molar-refractivity contribution >= 4 is 11.0 Å². The van der Waals surface area contributed by atoms with Crippen LogP contribution in [0.1, 0.15) is 96.2 Å². The summed E-state index contributed by atoms with van der Waals surface area (Å²) in [5, 5.41) is 10.1. The van der Waals surface area contributed by atoms with E-state index in [2.05, 4.69) is 6.92 Å². The van der Waals surface area contributed by atoms with Gasteiger partial charge in [-0.3, -0.25) is 4.79 Å². The number of fused-ring (bicyclic) bond motifs is 1. The molecule has 0 atom stereocenters. The highest BCUT2D eigenvalue weighted by Gasteiger charge is 2.05. The van der Waals surface area contributed by atoms with Gasteiger partial charge >= 0.3 is 0 Å². The number of benzene rings is 1. The number of unbranched alkanes of at least 4 members (excludes halogenated alkanes) is 12. The van der Waals surface area contributed by atoms with Crippen LogP contribution in [0.2, 0.25) is 0 Å². The minimum absolute atomic E-state index is 0.0269. The number of rotatable bonds is 14. The zero-order valence-electron chi connectivity index (χ0n) is 17.0. The van der Waals surface area contributed by atoms with Gasteiger partial charge < -0.3 is 9.52 Å². The summed E-state index contributed by atoms with van der Waals surface area (Å²) in [6.45, 7) is 2.27. The molecule has 3 nitrogen and oxygen atoms in total. The smallest absolute Gasteiger partial charge is 0.192 e. The molecule has 0 saturated carbocycles. The van der Waals surface area contributed by atoms with Crippen LogP contribution in [0.15, 0.2) is 33.5 Å². The normalized spacial score (nSPS) is 11.3. The molecule has 1 aromatic carbocycles. The first kappa shape index (κ1) is 21.5. The van der Waals surface area contributed by atoms with E-state index in [4.69, 9.17) is 4.42 Å². The molecule has 1 N–H and O–H groups in total. The van der Waals surface area contributed by atoms with Crippen LogP contribution in [0.4, 0.5) is 0 Å². The molecular weight excluding hydrogens is 336 g/mol. The molecule has 2 rings (SSSR count). The standard InChI is InChI=1S/C24H36O3/c1-2-3-4-5-6-7-8-9-10-11-12-13-14-15-21-19-23(26)22-17-16-20(25)18-24(22)27-21/h16-19,25H,2-15H2,1H3. The van der Waals surface area contributed by atoms with Crippen LogP contribution < -0.4 is 5.43 Å². The highest BCUT2D eigenvalue weighted by Crippen LogP contribution is 2.19. The van der Waals surface area contributed by atoms with Crippen molar-refractivity contribution in [2.45, 2.75) is 96.8 Å². The van der Waals surface area contributed by atoms with Gasteiger partial charge in [0.15, 0.2) is 5.43 Å². The Morgan fingerprint density at radius 2 is 1.33 bits per heavy atom. The molecule has 1 aromatic heterocycles. The van der Waals surface area contributed by atoms with Gasteiger partial charge in [0, 0.05) is 18.6 Å². The largest absolute Gasteiger partial charge is 0.508 e. The molecule has 0 aliphatic heterocycles. The zero-order chi connectivity index (χ0) is 19.3. The molecule has 0 amide bonds. The van der Waals surface area contributed by atoms with Gasteiger partial charge in [0.05, 0.1) is 5.39 Å². The number of phenols is 1. The molecule has 0 bridgehead atoms. The molecule has 27 heavy (non-hydrogen) atoms. The molecule has 150 valence electrons. The summed E-state index contributed by atoms with van der Waals surface area (Å²) in [6, 6.07) is 6.25. The van der Waals surface area contributed by atoms with Crippen molar-refractivity contribution in [2.75, 3.05) is 0 Å². The Kier molecular flexibility index (Phi) is 10.0. The SMILES string of the molecule is CCCCCCCCCCCCCCCc1cc(=O)c2ccc(O)cc2o1. The van der Waals surface area contributed by atoms with Crippen LogP contribution in [-0.2, 0) is 6.42 Å². The first-order chi connectivity index (χ1) is 13.2. The van der Waals surface area contributed by atoms with Crippen molar-refractivity contribution in [3.05, 3.63) is 40.2 Å². The lowest BCUT2D eigenvalue weighted by Crippen LogP contribution is -2.02. The Hall–Kier alpha value is -1.77. The van der Waals surface area contributed by atoms with Crippen molar-refractivity contribution in [3.63, 3.8) is 0 Å². The van der Waals surface area contributed by atoms with Crippen molar-refractivity contribution < 1.29 is 9.52 Å². The average Bonchev–Trinajstić information content (AvgIpc) is 2.65. The summed E-state index contributed by atoms with van der Waals surface area (Å²) in [6.07, 6.45) is 18.1. The number of hydrogen-bond donors (Lipinski definition) is 1. The zero-order valence-corrected chi connectivity index (χ0v) is 17.0. The number of hydrogen-bond acceptors (Lipinski definition) is 3. The van der Waals surface area contributed by atoms with E-state index in [0.29, 0.717) is 11.0 Å². The fourth-order valence-corrected chi connectivity index (χ4v) is 3.63. The van der Waals surface area contributed by atoms with Gasteiger partial charge in [0.25, 0.3) is 0 Å². The fraction of sp³-hybridized carbons (Fsp3) is 0.625. The maximum atomic E-state index is 12.1. The van der Waals surface area contributed by atoms with Crippen LogP contribution in [-0.4, -0.2) is 5.11 Å². The first-order valence-electron chi connectivity index (χ1n) is 11.0. The van der Waals surface area contributed by atoms with Gasteiger partial charge in [-0.2, -0.15) is 0 Å². The van der Waals surface area contributed by atoms with E-state index in [1.165, 1.54) is 89.2 Å². The molecule has 2 aromatic rings. The Bertz CT molecular complexity index is 717. The van der Waals surface area contributed by atoms with Crippen molar-refractivity contribution in [1.82, 2.24) is 0 Å². The number of aromatic hydroxyl groups is 1. The second-order valence-corrected chi connectivity index (χ2v) is 7.75. The van der Waals surface area contributed by atoms with Crippen LogP contribution in [0.25, 0.3) is 11.0 Å². The lowest BCUT2D eigenvalue weighted by molar-refractivity contribution is 0.471. The van der Waals surface area contributed by atoms with Crippen molar-refractivity contribution in [2.24, 2.45) is 0 Å². The molecule has 3 heteroatoms. The average molecular weight is 373 g/mol. The third-order valence-corrected chi connectivity index (χ3v) is 5.29. The van der Waals surface area contributed by atoms with Crippen molar-refractivity contribution in [3.8, 4) is 5.75 Å². The van der Waals surface area contributed by atoms with E-state index in [-0.39, 0.29) is 11.2 Å². The quantitative estimate of drug-likeness (QED) is 0.359. The Balaban J connectivity index is 1.53. The van der Waals surface area contributed by atoms with Crippen molar-refractivity contribution in [1.29, 1.82) is 0 Å². The predicted octanol–water partition coefficient (Wildman–Crippen LogP) is 7.13. The van der Waals surface area contributed by atoms with Gasteiger partial charge in [-0.05, 0) is 18.6 Å². The minimum atomic E-state index is -0.0269. The van der Waals surface area contributed by atoms with Gasteiger partial charge in [-0.15, -0.1) is 0 Å². The van der Waals surface area contributed by atoms with Gasteiger partial charge in [-0.25, -0.2) is 0 Å². The van der Waals surface area contributed by atoms with Gasteiger partial charge in [-0.1, -0.05) is 84.0 Å². The summed E-state index contributed by atoms with van der Waals surface area (Å²) in [7, 11) is 0. The topological polar surface area (TPSA) is 50.4 Å². The Morgan fingerprint density at radius 3 is 1.93 bits per heavy atom. The lowest BCUT2D eigenvalue weighted by atomic mass is 10.0. The summed E-state index contributed by atoms with van der Waals surface area (Å²) >= 11 is 0. The maximum Gasteiger partial charge on any atom is 0.192 e. The molecule has 0 spiro atoms. The summed E-state index contributed by atoms with van der Waals surface area (Å²) in [4.78, 5) is 12.1. The van der Waals surface area contributed by atoms with E-state index in [0.717, 1.165) is 18.6 Å². The molecule has 1 heterocycles. The summed E-state index contributed by atoms with van der Waals surface area (Å²) < 4.78 is 5.77. The third-order valence-electron chi connectivity index (χ3n) is 5.29. The van der Waals surface area contributed by atoms with Crippen LogP contribution in [0, 0.1) is 0 Å². The van der Waals surface area contributed by atoms with Gasteiger partial charge in [0.2, 0.25) is 0 Å². The highest BCUT2D eigenvalue weighted by molar-refractivity contribution is 5.77. The first-order valence-corrected chi connectivity index (χ1v) is 11.0. The molecule has 0 aliphatic carbocycles. The monoisotopic (exact) mass is 372 g/mol. The summed E-state index contributed by atoms with van der Waals surface area (Å²) in [5.74, 6) is 0.852. The highest BCUT2D eigenvalue weighted by atomic mass is 16.3. The van der Waals surface area contributed by atoms with E-state index in [9.17, 15) is 9.90 Å². The van der Waals surface area contributed by atoms with E-state index >= 15 is 0 Å². The number of aryl methyl sites for hydroxylation is 1. The van der Waals surface area contributed by atoms with Gasteiger partial charge in [0.1, 0.15) is 17.1 Å². The number of phenolic OH excluding ortho intramolecular Hbond substituents is 1.